The molecule has 0 amide bonds. The first kappa shape index (κ1) is 20.1. The lowest BCUT2D eigenvalue weighted by atomic mass is 10.2. The zero-order valence-corrected chi connectivity index (χ0v) is 16.5. The summed E-state index contributed by atoms with van der Waals surface area (Å²) in [5.74, 6) is 1.32. The van der Waals surface area contributed by atoms with E-state index >= 15 is 0 Å². The highest BCUT2D eigenvalue weighted by atomic mass is 16.6. The van der Waals surface area contributed by atoms with Gasteiger partial charge in [-0.1, -0.05) is 24.3 Å². The molecule has 0 unspecified atom stereocenters. The molecule has 1 atom stereocenters. The molecule has 0 aliphatic heterocycles. The van der Waals surface area contributed by atoms with Crippen molar-refractivity contribution in [2.45, 2.75) is 20.0 Å². The summed E-state index contributed by atoms with van der Waals surface area (Å²) in [6.45, 7) is 4.11. The van der Waals surface area contributed by atoms with Crippen molar-refractivity contribution in [3.05, 3.63) is 66.1 Å². The fourth-order valence-electron chi connectivity index (χ4n) is 2.59. The topological polar surface area (TPSA) is 83.7 Å². The Hall–Kier alpha value is -3.61. The zero-order valence-electron chi connectivity index (χ0n) is 16.5. The lowest BCUT2D eigenvalue weighted by molar-refractivity contribution is -0.143. The first-order chi connectivity index (χ1) is 14.1. The van der Waals surface area contributed by atoms with Crippen LogP contribution in [0.25, 0.3) is 17.5 Å². The second-order valence-electron chi connectivity index (χ2n) is 6.07. The summed E-state index contributed by atoms with van der Waals surface area (Å²) in [7, 11) is 1.56. The van der Waals surface area contributed by atoms with Crippen LogP contribution in [0.1, 0.15) is 31.4 Å². The van der Waals surface area contributed by atoms with E-state index in [4.69, 9.17) is 18.6 Å². The Kier molecular flexibility index (Phi) is 6.63. The van der Waals surface area contributed by atoms with Crippen LogP contribution in [0.15, 0.2) is 59.0 Å². The van der Waals surface area contributed by atoms with Gasteiger partial charge in [-0.25, -0.2) is 4.79 Å². The van der Waals surface area contributed by atoms with Crippen LogP contribution < -0.4 is 9.47 Å². The van der Waals surface area contributed by atoms with Crippen LogP contribution in [0.5, 0.6) is 11.5 Å². The number of esters is 1. The van der Waals surface area contributed by atoms with Gasteiger partial charge in [0.15, 0.2) is 17.6 Å². The highest BCUT2D eigenvalue weighted by molar-refractivity contribution is 5.87. The van der Waals surface area contributed by atoms with E-state index in [1.165, 1.54) is 6.08 Å². The fourth-order valence-corrected chi connectivity index (χ4v) is 2.59. The predicted octanol–water partition coefficient (Wildman–Crippen LogP) is 4.46. The summed E-state index contributed by atoms with van der Waals surface area (Å²) in [6, 6.07) is 14.8. The Bertz CT molecular complexity index is 982. The lowest BCUT2D eigenvalue weighted by Crippen LogP contribution is -2.06. The summed E-state index contributed by atoms with van der Waals surface area (Å²) in [5, 5.41) is 7.96. The van der Waals surface area contributed by atoms with E-state index in [-0.39, 0.29) is 5.89 Å². The molecule has 150 valence electrons. The van der Waals surface area contributed by atoms with Crippen LogP contribution in [-0.4, -0.2) is 29.9 Å². The standard InChI is InChI=1S/C22H22N2O5/c1-4-27-18-12-10-16(14-19(18)26-3)11-13-20(25)28-15(2)21-23-24-22(29-21)17-8-6-5-7-9-17/h5-15H,4H2,1-3H3/b13-11+/t15-/m0/s1. The molecule has 1 aromatic heterocycles. The zero-order chi connectivity index (χ0) is 20.6. The molecule has 0 bridgehead atoms. The third kappa shape index (κ3) is 5.22. The first-order valence-electron chi connectivity index (χ1n) is 9.19. The highest BCUT2D eigenvalue weighted by Gasteiger charge is 2.18. The van der Waals surface area contributed by atoms with Crippen molar-refractivity contribution < 1.29 is 23.4 Å². The number of aromatic nitrogens is 2. The van der Waals surface area contributed by atoms with E-state index in [1.807, 2.05) is 43.3 Å². The molecule has 0 radical (unpaired) electrons. The summed E-state index contributed by atoms with van der Waals surface area (Å²) < 4.78 is 21.7. The monoisotopic (exact) mass is 394 g/mol. The second-order valence-corrected chi connectivity index (χ2v) is 6.07. The molecule has 0 saturated heterocycles. The molecule has 0 fully saturated rings. The largest absolute Gasteiger partial charge is 0.493 e. The van der Waals surface area contributed by atoms with E-state index in [0.717, 1.165) is 11.1 Å². The van der Waals surface area contributed by atoms with Crippen LogP contribution >= 0.6 is 0 Å². The number of carbonyl (C=O) groups is 1. The minimum atomic E-state index is -0.674. The molecule has 29 heavy (non-hydrogen) atoms. The Balaban J connectivity index is 1.62. The smallest absolute Gasteiger partial charge is 0.331 e. The molecule has 2 aromatic carbocycles. The summed E-state index contributed by atoms with van der Waals surface area (Å²) >= 11 is 0. The highest BCUT2D eigenvalue weighted by Crippen LogP contribution is 2.28. The average molecular weight is 394 g/mol. The van der Waals surface area contributed by atoms with Crippen LogP contribution in [-0.2, 0) is 9.53 Å². The van der Waals surface area contributed by atoms with Crippen molar-refractivity contribution in [1.29, 1.82) is 0 Å². The number of ether oxygens (including phenoxy) is 3. The summed E-state index contributed by atoms with van der Waals surface area (Å²) in [4.78, 5) is 12.1. The number of hydrogen-bond acceptors (Lipinski definition) is 7. The first-order valence-corrected chi connectivity index (χ1v) is 9.19. The number of hydrogen-bond donors (Lipinski definition) is 0. The molecule has 0 saturated carbocycles. The van der Waals surface area contributed by atoms with Gasteiger partial charge < -0.3 is 18.6 Å². The van der Waals surface area contributed by atoms with Gasteiger partial charge in [0.1, 0.15) is 0 Å². The molecule has 0 spiro atoms. The number of rotatable bonds is 8. The van der Waals surface area contributed by atoms with Gasteiger partial charge in [0.2, 0.25) is 5.89 Å². The van der Waals surface area contributed by atoms with E-state index in [9.17, 15) is 4.79 Å². The van der Waals surface area contributed by atoms with Crippen LogP contribution in [0, 0.1) is 0 Å². The van der Waals surface area contributed by atoms with Gasteiger partial charge in [-0.3, -0.25) is 0 Å². The van der Waals surface area contributed by atoms with Gasteiger partial charge >= 0.3 is 5.97 Å². The van der Waals surface area contributed by atoms with Gasteiger partial charge in [0.05, 0.1) is 13.7 Å². The fraction of sp³-hybridized carbons (Fsp3) is 0.227. The molecular formula is C22H22N2O5. The van der Waals surface area contributed by atoms with E-state index < -0.39 is 12.1 Å². The Labute approximate surface area is 168 Å². The van der Waals surface area contributed by atoms with Crippen molar-refractivity contribution in [3.63, 3.8) is 0 Å². The Morgan fingerprint density at radius 3 is 2.66 bits per heavy atom. The van der Waals surface area contributed by atoms with Crippen LogP contribution in [0.3, 0.4) is 0 Å². The van der Waals surface area contributed by atoms with Crippen molar-refractivity contribution in [2.75, 3.05) is 13.7 Å². The molecule has 7 heteroatoms. The summed E-state index contributed by atoms with van der Waals surface area (Å²) in [5.41, 5.74) is 1.58. The lowest BCUT2D eigenvalue weighted by Gasteiger charge is -2.09. The van der Waals surface area contributed by atoms with E-state index in [2.05, 4.69) is 10.2 Å². The quantitative estimate of drug-likeness (QED) is 0.412. The van der Waals surface area contributed by atoms with Gasteiger partial charge in [-0.15, -0.1) is 10.2 Å². The summed E-state index contributed by atoms with van der Waals surface area (Å²) in [6.07, 6.45) is 2.29. The average Bonchev–Trinajstić information content (AvgIpc) is 3.24. The molecular weight excluding hydrogens is 372 g/mol. The van der Waals surface area contributed by atoms with E-state index in [1.54, 1.807) is 32.2 Å². The van der Waals surface area contributed by atoms with Crippen molar-refractivity contribution in [2.24, 2.45) is 0 Å². The number of methoxy groups -OCH3 is 1. The van der Waals surface area contributed by atoms with Crippen LogP contribution in [0.2, 0.25) is 0 Å². The van der Waals surface area contributed by atoms with E-state index in [0.29, 0.717) is 24.0 Å². The van der Waals surface area contributed by atoms with Crippen molar-refractivity contribution >= 4 is 12.0 Å². The molecule has 1 heterocycles. The molecule has 0 aliphatic rings. The SMILES string of the molecule is CCOc1ccc(/C=C/C(=O)O[C@@H](C)c2nnc(-c3ccccc3)o2)cc1OC. The van der Waals surface area contributed by atoms with Gasteiger partial charge in [-0.05, 0) is 49.8 Å². The van der Waals surface area contributed by atoms with Crippen molar-refractivity contribution in [3.8, 4) is 23.0 Å². The number of nitrogens with zero attached hydrogens (tertiary/aromatic N) is 2. The molecule has 7 nitrogen and oxygen atoms in total. The second kappa shape index (κ2) is 9.54. The molecule has 0 N–H and O–H groups in total. The third-order valence-corrected chi connectivity index (χ3v) is 4.00. The molecule has 3 rings (SSSR count). The maximum absolute atomic E-state index is 12.1. The Morgan fingerprint density at radius 2 is 1.93 bits per heavy atom. The number of benzene rings is 2. The minimum absolute atomic E-state index is 0.230. The van der Waals surface area contributed by atoms with Gasteiger partial charge in [0.25, 0.3) is 5.89 Å². The van der Waals surface area contributed by atoms with Crippen molar-refractivity contribution in [1.82, 2.24) is 10.2 Å². The molecule has 3 aromatic rings. The van der Waals surface area contributed by atoms with Gasteiger partial charge in [0, 0.05) is 11.6 Å². The third-order valence-electron chi connectivity index (χ3n) is 4.00. The normalized spacial score (nSPS) is 12.0. The maximum atomic E-state index is 12.1. The Morgan fingerprint density at radius 1 is 1.14 bits per heavy atom. The maximum Gasteiger partial charge on any atom is 0.331 e. The van der Waals surface area contributed by atoms with Crippen LogP contribution in [0.4, 0.5) is 0 Å². The number of carbonyl (C=O) groups excluding carboxylic acids is 1. The minimum Gasteiger partial charge on any atom is -0.493 e. The van der Waals surface area contributed by atoms with Gasteiger partial charge in [-0.2, -0.15) is 0 Å². The predicted molar refractivity (Wildman–Crippen MR) is 107 cm³/mol. The molecule has 0 aliphatic carbocycles.